The summed E-state index contributed by atoms with van der Waals surface area (Å²) in [5.74, 6) is 2.30. The van der Waals surface area contributed by atoms with E-state index < -0.39 is 0 Å². The highest BCUT2D eigenvalue weighted by molar-refractivity contribution is 7.37. The zero-order valence-electron chi connectivity index (χ0n) is 19.1. The zero-order valence-corrected chi connectivity index (χ0v) is 20.1. The molecule has 0 bridgehead atoms. The average Bonchev–Trinajstić information content (AvgIpc) is 2.88. The van der Waals surface area contributed by atoms with E-state index in [1.54, 1.807) is 6.26 Å². The molecule has 2 aromatic carbocycles. The number of nitrogens with one attached hydrogen (secondary N) is 2. The number of benzene rings is 2. The van der Waals surface area contributed by atoms with Gasteiger partial charge in [-0.05, 0) is 31.1 Å². The Hall–Kier alpha value is -3.15. The predicted octanol–water partition coefficient (Wildman–Crippen LogP) is 5.22. The summed E-state index contributed by atoms with van der Waals surface area (Å²) in [6.45, 7) is 2.64. The van der Waals surface area contributed by atoms with Crippen LogP contribution in [0.3, 0.4) is 0 Å². The average molecular weight is 483 g/mol. The van der Waals surface area contributed by atoms with Gasteiger partial charge in [0.05, 0.1) is 33.5 Å². The molecule has 0 saturated carbocycles. The minimum atomic E-state index is 0.263. The summed E-state index contributed by atoms with van der Waals surface area (Å²) in [5, 5.41) is 6.87. The van der Waals surface area contributed by atoms with Gasteiger partial charge in [0.15, 0.2) is 5.76 Å². The molecule has 4 rings (SSSR count). The molecule has 8 heteroatoms. The highest BCUT2D eigenvalue weighted by Crippen LogP contribution is 2.29. The summed E-state index contributed by atoms with van der Waals surface area (Å²) in [5.41, 5.74) is 2.86. The molecule has 2 N–H and O–H groups in total. The van der Waals surface area contributed by atoms with Crippen molar-refractivity contribution in [1.82, 2.24) is 5.09 Å². The Morgan fingerprint density at radius 3 is 2.32 bits per heavy atom. The molecule has 1 heterocycles. The lowest BCUT2D eigenvalue weighted by Crippen LogP contribution is -2.15. The van der Waals surface area contributed by atoms with E-state index >= 15 is 0 Å². The van der Waals surface area contributed by atoms with Crippen LogP contribution in [-0.2, 0) is 18.9 Å². The largest absolute Gasteiger partial charge is 0.495 e. The van der Waals surface area contributed by atoms with Crippen molar-refractivity contribution in [2.75, 3.05) is 44.7 Å². The molecule has 180 valence electrons. The van der Waals surface area contributed by atoms with E-state index in [-0.39, 0.29) is 8.88 Å². The van der Waals surface area contributed by atoms with Gasteiger partial charge in [-0.2, -0.15) is 0 Å². The number of allylic oxidation sites excluding steroid dienone is 2. The Bertz CT molecular complexity index is 994. The SMILES string of the molecule is C1=C2NPNc3ccccc3OCCO/C(c3ccccc3)=C\OCCOCCOC2=CCC1. The van der Waals surface area contributed by atoms with Crippen molar-refractivity contribution in [3.63, 3.8) is 0 Å². The Morgan fingerprint density at radius 2 is 1.38 bits per heavy atom. The van der Waals surface area contributed by atoms with E-state index in [1.807, 2.05) is 54.6 Å². The van der Waals surface area contributed by atoms with Gasteiger partial charge in [-0.15, -0.1) is 0 Å². The molecule has 0 radical (unpaired) electrons. The molecule has 7 nitrogen and oxygen atoms in total. The second-order valence-corrected chi connectivity index (χ2v) is 8.26. The van der Waals surface area contributed by atoms with Crippen LogP contribution >= 0.6 is 8.88 Å². The quantitative estimate of drug-likeness (QED) is 0.541. The molecule has 1 aliphatic carbocycles. The summed E-state index contributed by atoms with van der Waals surface area (Å²) in [6, 6.07) is 17.8. The monoisotopic (exact) mass is 482 g/mol. The molecular weight excluding hydrogens is 451 g/mol. The molecule has 0 aromatic heterocycles. The number of ether oxygens (including phenoxy) is 5. The van der Waals surface area contributed by atoms with Gasteiger partial charge in [-0.1, -0.05) is 48.5 Å². The first-order valence-electron chi connectivity index (χ1n) is 11.5. The molecule has 0 saturated heterocycles. The number of anilines is 1. The number of para-hydroxylation sites is 2. The number of rotatable bonds is 1. The van der Waals surface area contributed by atoms with E-state index in [1.165, 1.54) is 0 Å². The van der Waals surface area contributed by atoms with Crippen LogP contribution in [0.15, 0.2) is 84.5 Å². The second kappa shape index (κ2) is 13.5. The van der Waals surface area contributed by atoms with E-state index in [0.717, 1.165) is 41.3 Å². The van der Waals surface area contributed by atoms with Gasteiger partial charge >= 0.3 is 0 Å². The van der Waals surface area contributed by atoms with Crippen molar-refractivity contribution < 1.29 is 23.7 Å². The van der Waals surface area contributed by atoms with E-state index in [0.29, 0.717) is 45.4 Å². The minimum absolute atomic E-state index is 0.263. The second-order valence-electron chi connectivity index (χ2n) is 7.51. The summed E-state index contributed by atoms with van der Waals surface area (Å²) in [4.78, 5) is 0. The molecule has 1 atom stereocenters. The summed E-state index contributed by atoms with van der Waals surface area (Å²) in [6.07, 6.45) is 7.89. The third kappa shape index (κ3) is 7.44. The molecule has 1 aliphatic heterocycles. The molecule has 0 fully saturated rings. The molecule has 34 heavy (non-hydrogen) atoms. The van der Waals surface area contributed by atoms with E-state index in [4.69, 9.17) is 23.7 Å². The van der Waals surface area contributed by atoms with Crippen LogP contribution in [0.25, 0.3) is 5.76 Å². The van der Waals surface area contributed by atoms with Crippen molar-refractivity contribution in [3.8, 4) is 5.75 Å². The molecule has 2 aliphatic rings. The van der Waals surface area contributed by atoms with Crippen molar-refractivity contribution in [1.29, 1.82) is 0 Å². The molecule has 1 unspecified atom stereocenters. The van der Waals surface area contributed by atoms with Crippen molar-refractivity contribution in [3.05, 3.63) is 90.0 Å². The highest BCUT2D eigenvalue weighted by Gasteiger charge is 2.11. The highest BCUT2D eigenvalue weighted by atomic mass is 31.1. The predicted molar refractivity (Wildman–Crippen MR) is 136 cm³/mol. The third-order valence-electron chi connectivity index (χ3n) is 5.07. The topological polar surface area (TPSA) is 70.2 Å². The van der Waals surface area contributed by atoms with Gasteiger partial charge in [0.25, 0.3) is 0 Å². The number of hydrogen-bond donors (Lipinski definition) is 2. The third-order valence-corrected chi connectivity index (χ3v) is 5.86. The summed E-state index contributed by atoms with van der Waals surface area (Å²) >= 11 is 0. The fourth-order valence-electron chi connectivity index (χ4n) is 3.41. The Labute approximate surface area is 202 Å². The first kappa shape index (κ1) is 24.0. The first-order valence-corrected chi connectivity index (χ1v) is 12.5. The Morgan fingerprint density at radius 1 is 0.647 bits per heavy atom. The van der Waals surface area contributed by atoms with Gasteiger partial charge in [-0.25, -0.2) is 0 Å². The van der Waals surface area contributed by atoms with Gasteiger partial charge in [-0.3, -0.25) is 0 Å². The van der Waals surface area contributed by atoms with Crippen LogP contribution in [0.1, 0.15) is 18.4 Å². The van der Waals surface area contributed by atoms with Crippen LogP contribution in [0.2, 0.25) is 0 Å². The maximum atomic E-state index is 6.01. The van der Waals surface area contributed by atoms with Gasteiger partial charge in [0.2, 0.25) is 0 Å². The van der Waals surface area contributed by atoms with Crippen LogP contribution in [-0.4, -0.2) is 39.6 Å². The first-order chi connectivity index (χ1) is 16.9. The van der Waals surface area contributed by atoms with Crippen LogP contribution in [0.5, 0.6) is 5.75 Å². The van der Waals surface area contributed by atoms with Gasteiger partial charge in [0, 0.05) is 5.56 Å². The van der Waals surface area contributed by atoms with Crippen LogP contribution in [0.4, 0.5) is 5.69 Å². The molecular formula is C26H31N2O5P. The maximum absolute atomic E-state index is 6.01. The van der Waals surface area contributed by atoms with E-state index in [2.05, 4.69) is 22.3 Å². The normalized spacial score (nSPS) is 20.4. The lowest BCUT2D eigenvalue weighted by molar-refractivity contribution is 0.0498. The maximum Gasteiger partial charge on any atom is 0.161 e. The molecule has 0 spiro atoms. The summed E-state index contributed by atoms with van der Waals surface area (Å²) < 4.78 is 29.3. The Balaban J connectivity index is 1.43. The fourth-order valence-corrected chi connectivity index (χ4v) is 4.17. The molecule has 2 aromatic rings. The van der Waals surface area contributed by atoms with Crippen LogP contribution < -0.4 is 14.9 Å². The molecule has 0 amide bonds. The standard InChI is InChI=1S/C26H31N2O5P/c1-2-8-21(9-3-1)26-20-30-15-14-29-16-17-31-24-12-6-4-10-22(24)27-34-28-23-11-5-7-13-25(23)32-18-19-33-26/h1-3,5,7-13,20,27-28,34H,4,6,14-19H2/b26-20-. The van der Waals surface area contributed by atoms with Crippen molar-refractivity contribution in [2.45, 2.75) is 12.8 Å². The van der Waals surface area contributed by atoms with Gasteiger partial charge in [0.1, 0.15) is 44.2 Å². The van der Waals surface area contributed by atoms with Gasteiger partial charge < -0.3 is 33.9 Å². The smallest absolute Gasteiger partial charge is 0.161 e. The number of hydrogen-bond acceptors (Lipinski definition) is 7. The number of fused-ring (bicyclic) bond motifs is 2. The lowest BCUT2D eigenvalue weighted by atomic mass is 10.1. The van der Waals surface area contributed by atoms with Crippen molar-refractivity contribution in [2.24, 2.45) is 0 Å². The summed E-state index contributed by atoms with van der Waals surface area (Å²) in [7, 11) is 0.263. The van der Waals surface area contributed by atoms with E-state index in [9.17, 15) is 0 Å². The van der Waals surface area contributed by atoms with Crippen LogP contribution in [0, 0.1) is 0 Å². The minimum Gasteiger partial charge on any atom is -0.495 e. The zero-order chi connectivity index (χ0) is 23.3. The Kier molecular flexibility index (Phi) is 9.55. The fraction of sp³-hybridized carbons (Fsp3) is 0.308. The van der Waals surface area contributed by atoms with Crippen molar-refractivity contribution >= 4 is 20.3 Å². The lowest BCUT2D eigenvalue weighted by Gasteiger charge is -2.20.